The topological polar surface area (TPSA) is 15.3 Å². The zero-order valence-electron chi connectivity index (χ0n) is 11.7. The fourth-order valence-corrected chi connectivity index (χ4v) is 4.07. The van der Waals surface area contributed by atoms with E-state index in [2.05, 4.69) is 54.5 Å². The van der Waals surface area contributed by atoms with Gasteiger partial charge in [-0.2, -0.15) is 0 Å². The van der Waals surface area contributed by atoms with Gasteiger partial charge in [-0.1, -0.05) is 18.2 Å². The number of fused-ring (bicyclic) bond motifs is 1. The van der Waals surface area contributed by atoms with Crippen LogP contribution in [0.3, 0.4) is 0 Å². The molecule has 1 saturated heterocycles. The summed E-state index contributed by atoms with van der Waals surface area (Å²) in [6.07, 6.45) is 2.62. The van der Waals surface area contributed by atoms with Crippen molar-refractivity contribution in [1.82, 2.24) is 10.2 Å². The molecule has 3 rings (SSSR count). The smallest absolute Gasteiger partial charge is 0.0414 e. The maximum atomic E-state index is 3.51. The largest absolute Gasteiger partial charge is 0.315 e. The molecule has 0 amide bonds. The summed E-state index contributed by atoms with van der Waals surface area (Å²) in [7, 11) is 2.27. The molecule has 2 heterocycles. The van der Waals surface area contributed by atoms with E-state index in [1.165, 1.54) is 34.3 Å². The summed E-state index contributed by atoms with van der Waals surface area (Å²) in [5, 5.41) is 4.89. The van der Waals surface area contributed by atoms with Gasteiger partial charge < -0.3 is 5.32 Å². The van der Waals surface area contributed by atoms with E-state index in [0.29, 0.717) is 12.1 Å². The van der Waals surface area contributed by atoms with Crippen LogP contribution in [-0.4, -0.2) is 31.1 Å². The number of nitrogens with zero attached hydrogens (tertiary/aromatic N) is 1. The van der Waals surface area contributed by atoms with E-state index in [0.717, 1.165) is 6.54 Å². The molecule has 2 nitrogen and oxygen atoms in total. The lowest BCUT2D eigenvalue weighted by molar-refractivity contribution is 0.158. The molecule has 2 unspecified atom stereocenters. The number of benzene rings is 1. The molecule has 1 aromatic carbocycles. The summed E-state index contributed by atoms with van der Waals surface area (Å²) < 4.78 is 1.40. The molecule has 0 bridgehead atoms. The maximum Gasteiger partial charge on any atom is 0.0414 e. The van der Waals surface area contributed by atoms with E-state index in [1.807, 2.05) is 11.3 Å². The van der Waals surface area contributed by atoms with Crippen molar-refractivity contribution in [3.8, 4) is 0 Å². The standard InChI is InChI=1S/C16H22N2S/c1-12(18(2)14-7-5-9-17-11-14)16-10-13-6-3-4-8-15(13)19-16/h3-4,6,8,10,12,14,17H,5,7,9,11H2,1-2H3. The highest BCUT2D eigenvalue weighted by atomic mass is 32.1. The second kappa shape index (κ2) is 5.61. The van der Waals surface area contributed by atoms with E-state index in [1.54, 1.807) is 0 Å². The lowest BCUT2D eigenvalue weighted by atomic mass is 10.0. The average Bonchev–Trinajstić information content (AvgIpc) is 2.90. The number of hydrogen-bond donors (Lipinski definition) is 1. The molecular weight excluding hydrogens is 252 g/mol. The zero-order chi connectivity index (χ0) is 13.2. The molecule has 102 valence electrons. The fourth-order valence-electron chi connectivity index (χ4n) is 2.91. The van der Waals surface area contributed by atoms with E-state index < -0.39 is 0 Å². The van der Waals surface area contributed by atoms with Crippen LogP contribution in [0.5, 0.6) is 0 Å². The molecule has 2 atom stereocenters. The van der Waals surface area contributed by atoms with E-state index in [-0.39, 0.29) is 0 Å². The summed E-state index contributed by atoms with van der Waals surface area (Å²) in [6, 6.07) is 12.2. The van der Waals surface area contributed by atoms with Crippen molar-refractivity contribution in [2.75, 3.05) is 20.1 Å². The molecule has 1 fully saturated rings. The third-order valence-electron chi connectivity index (χ3n) is 4.31. The maximum absolute atomic E-state index is 3.51. The van der Waals surface area contributed by atoms with Crippen LogP contribution < -0.4 is 5.32 Å². The molecule has 0 radical (unpaired) electrons. The molecule has 0 aliphatic carbocycles. The highest BCUT2D eigenvalue weighted by Gasteiger charge is 2.23. The molecule has 1 aliphatic rings. The van der Waals surface area contributed by atoms with Crippen LogP contribution in [0, 0.1) is 0 Å². The van der Waals surface area contributed by atoms with Crippen molar-refractivity contribution < 1.29 is 0 Å². The number of hydrogen-bond acceptors (Lipinski definition) is 3. The molecule has 2 aromatic rings. The molecule has 1 aliphatic heterocycles. The Labute approximate surface area is 119 Å². The Bertz CT molecular complexity index is 509. The van der Waals surface area contributed by atoms with Crippen molar-refractivity contribution in [2.45, 2.75) is 31.8 Å². The number of likely N-dealkylation sites (N-methyl/N-ethyl adjacent to an activating group) is 1. The van der Waals surface area contributed by atoms with Gasteiger partial charge in [-0.3, -0.25) is 4.90 Å². The van der Waals surface area contributed by atoms with Crippen molar-refractivity contribution in [3.63, 3.8) is 0 Å². The predicted octanol–water partition coefficient (Wildman–Crippen LogP) is 3.65. The van der Waals surface area contributed by atoms with Gasteiger partial charge in [-0.25, -0.2) is 0 Å². The first-order valence-corrected chi connectivity index (χ1v) is 7.98. The van der Waals surface area contributed by atoms with Crippen LogP contribution >= 0.6 is 11.3 Å². The van der Waals surface area contributed by atoms with Gasteiger partial charge in [0.25, 0.3) is 0 Å². The van der Waals surface area contributed by atoms with Crippen LogP contribution in [0.2, 0.25) is 0 Å². The number of rotatable bonds is 3. The van der Waals surface area contributed by atoms with E-state index >= 15 is 0 Å². The van der Waals surface area contributed by atoms with Gasteiger partial charge in [0.15, 0.2) is 0 Å². The monoisotopic (exact) mass is 274 g/mol. The third-order valence-corrected chi connectivity index (χ3v) is 5.60. The highest BCUT2D eigenvalue weighted by Crippen LogP contribution is 2.33. The summed E-state index contributed by atoms with van der Waals surface area (Å²) in [4.78, 5) is 4.02. The Morgan fingerprint density at radius 2 is 2.21 bits per heavy atom. The van der Waals surface area contributed by atoms with Crippen LogP contribution in [0.1, 0.15) is 30.7 Å². The lowest BCUT2D eigenvalue weighted by Crippen LogP contribution is -2.44. The Morgan fingerprint density at radius 3 is 2.95 bits per heavy atom. The van der Waals surface area contributed by atoms with Crippen molar-refractivity contribution >= 4 is 21.4 Å². The molecule has 1 aromatic heterocycles. The van der Waals surface area contributed by atoms with Crippen LogP contribution in [0.25, 0.3) is 10.1 Å². The van der Waals surface area contributed by atoms with E-state index in [4.69, 9.17) is 0 Å². The summed E-state index contributed by atoms with van der Waals surface area (Å²) in [5.41, 5.74) is 0. The predicted molar refractivity (Wildman–Crippen MR) is 83.9 cm³/mol. The SMILES string of the molecule is CC(c1cc2ccccc2s1)N(C)C1CCCNC1. The van der Waals surface area contributed by atoms with Gasteiger partial charge in [0, 0.05) is 28.2 Å². The first-order chi connectivity index (χ1) is 9.25. The Hall–Kier alpha value is -0.900. The Balaban J connectivity index is 1.79. The highest BCUT2D eigenvalue weighted by molar-refractivity contribution is 7.19. The van der Waals surface area contributed by atoms with Gasteiger partial charge in [-0.15, -0.1) is 11.3 Å². The average molecular weight is 274 g/mol. The minimum absolute atomic E-state index is 0.502. The first-order valence-electron chi connectivity index (χ1n) is 7.17. The van der Waals surface area contributed by atoms with Crippen LogP contribution in [0.4, 0.5) is 0 Å². The molecular formula is C16H22N2S. The normalized spacial score (nSPS) is 21.9. The third kappa shape index (κ3) is 2.69. The van der Waals surface area contributed by atoms with Gasteiger partial charge in [0.2, 0.25) is 0 Å². The molecule has 0 spiro atoms. The first kappa shape index (κ1) is 13.1. The van der Waals surface area contributed by atoms with Crippen molar-refractivity contribution in [2.24, 2.45) is 0 Å². The Morgan fingerprint density at radius 1 is 1.37 bits per heavy atom. The molecule has 1 N–H and O–H groups in total. The van der Waals surface area contributed by atoms with Gasteiger partial charge in [0.05, 0.1) is 0 Å². The summed E-state index contributed by atoms with van der Waals surface area (Å²) >= 11 is 1.94. The fraction of sp³-hybridized carbons (Fsp3) is 0.500. The summed E-state index contributed by atoms with van der Waals surface area (Å²) in [5.74, 6) is 0. The van der Waals surface area contributed by atoms with Gasteiger partial charge in [-0.05, 0) is 50.9 Å². The van der Waals surface area contributed by atoms with Crippen molar-refractivity contribution in [3.05, 3.63) is 35.2 Å². The second-order valence-electron chi connectivity index (χ2n) is 5.53. The lowest BCUT2D eigenvalue weighted by Gasteiger charge is -2.35. The number of nitrogens with one attached hydrogen (secondary N) is 1. The van der Waals surface area contributed by atoms with Gasteiger partial charge >= 0.3 is 0 Å². The molecule has 19 heavy (non-hydrogen) atoms. The minimum Gasteiger partial charge on any atom is -0.315 e. The van der Waals surface area contributed by atoms with Crippen molar-refractivity contribution in [1.29, 1.82) is 0 Å². The quantitative estimate of drug-likeness (QED) is 0.919. The Kier molecular flexibility index (Phi) is 3.87. The van der Waals surface area contributed by atoms with Gasteiger partial charge in [0.1, 0.15) is 0 Å². The molecule has 3 heteroatoms. The van der Waals surface area contributed by atoms with Crippen LogP contribution in [-0.2, 0) is 0 Å². The number of piperidine rings is 1. The molecule has 0 saturated carbocycles. The van der Waals surface area contributed by atoms with Crippen LogP contribution in [0.15, 0.2) is 30.3 Å². The van der Waals surface area contributed by atoms with E-state index in [9.17, 15) is 0 Å². The zero-order valence-corrected chi connectivity index (χ0v) is 12.5. The summed E-state index contributed by atoms with van der Waals surface area (Å²) in [6.45, 7) is 4.65. The minimum atomic E-state index is 0.502. The second-order valence-corrected chi connectivity index (χ2v) is 6.64. The number of thiophene rings is 1.